The van der Waals surface area contributed by atoms with Crippen LogP contribution in [0, 0.1) is 0 Å². The normalized spacial score (nSPS) is 16.4. The number of nitrogens with two attached hydrogens (primary N) is 1. The molecule has 0 spiro atoms. The Morgan fingerprint density at radius 1 is 1.42 bits per heavy atom. The molecule has 0 radical (unpaired) electrons. The van der Waals surface area contributed by atoms with Gasteiger partial charge in [-0.25, -0.2) is 10.2 Å². The van der Waals surface area contributed by atoms with Crippen LogP contribution in [0.3, 0.4) is 0 Å². The van der Waals surface area contributed by atoms with Gasteiger partial charge in [0.05, 0.1) is 19.4 Å². The number of nitrogens with one attached hydrogen (secondary N) is 1. The average Bonchev–Trinajstić information content (AvgIpc) is 2.41. The minimum absolute atomic E-state index is 0.160. The van der Waals surface area contributed by atoms with Crippen molar-refractivity contribution >= 4 is 12.2 Å². The Labute approximate surface area is 111 Å². The molecule has 0 bridgehead atoms. The van der Waals surface area contributed by atoms with Gasteiger partial charge >= 0.3 is 6.03 Å². The first-order valence-corrected chi connectivity index (χ1v) is 6.17. The number of carbonyl (C=O) groups is 1. The first-order chi connectivity index (χ1) is 9.25. The third-order valence-electron chi connectivity index (χ3n) is 2.76. The lowest BCUT2D eigenvalue weighted by Gasteiger charge is -2.24. The van der Waals surface area contributed by atoms with Gasteiger partial charge in [0, 0.05) is 18.4 Å². The van der Waals surface area contributed by atoms with Crippen LogP contribution in [0.2, 0.25) is 0 Å². The van der Waals surface area contributed by atoms with E-state index in [2.05, 4.69) is 10.5 Å². The van der Waals surface area contributed by atoms with Crippen molar-refractivity contribution in [3.05, 3.63) is 29.8 Å². The quantitative estimate of drug-likeness (QED) is 0.633. The van der Waals surface area contributed by atoms with Gasteiger partial charge in [0.2, 0.25) is 0 Å². The van der Waals surface area contributed by atoms with Crippen LogP contribution in [0.4, 0.5) is 4.79 Å². The predicted octanol–water partition coefficient (Wildman–Crippen LogP) is 1.25. The number of ether oxygens (including phenoxy) is 2. The predicted molar refractivity (Wildman–Crippen MR) is 71.2 cm³/mol. The second-order valence-corrected chi connectivity index (χ2v) is 4.20. The van der Waals surface area contributed by atoms with Crippen LogP contribution >= 0.6 is 0 Å². The van der Waals surface area contributed by atoms with E-state index in [0.29, 0.717) is 0 Å². The summed E-state index contributed by atoms with van der Waals surface area (Å²) < 4.78 is 11.2. The number of urea groups is 1. The number of primary amides is 1. The number of amides is 2. The SMILES string of the molecule is NC(=O)NN=Cc1ccccc1OC1CCOCC1. The maximum Gasteiger partial charge on any atom is 0.332 e. The van der Waals surface area contributed by atoms with Crippen molar-refractivity contribution in [1.82, 2.24) is 5.43 Å². The van der Waals surface area contributed by atoms with E-state index >= 15 is 0 Å². The Kier molecular flexibility index (Phi) is 4.74. The van der Waals surface area contributed by atoms with Gasteiger partial charge in [-0.15, -0.1) is 0 Å². The summed E-state index contributed by atoms with van der Waals surface area (Å²) in [5.74, 6) is 0.740. The molecule has 6 heteroatoms. The molecule has 2 rings (SSSR count). The molecule has 0 unspecified atom stereocenters. The summed E-state index contributed by atoms with van der Waals surface area (Å²) in [4.78, 5) is 10.5. The molecule has 19 heavy (non-hydrogen) atoms. The van der Waals surface area contributed by atoms with Crippen LogP contribution in [0.5, 0.6) is 5.75 Å². The third-order valence-corrected chi connectivity index (χ3v) is 2.76. The average molecular weight is 263 g/mol. The largest absolute Gasteiger partial charge is 0.490 e. The van der Waals surface area contributed by atoms with Crippen molar-refractivity contribution in [3.8, 4) is 5.75 Å². The second-order valence-electron chi connectivity index (χ2n) is 4.20. The van der Waals surface area contributed by atoms with Crippen molar-refractivity contribution in [1.29, 1.82) is 0 Å². The van der Waals surface area contributed by atoms with E-state index in [1.54, 1.807) is 0 Å². The Morgan fingerprint density at radius 3 is 2.89 bits per heavy atom. The number of benzene rings is 1. The number of nitrogens with zero attached hydrogens (tertiary/aromatic N) is 1. The highest BCUT2D eigenvalue weighted by molar-refractivity contribution is 5.84. The molecular weight excluding hydrogens is 246 g/mol. The smallest absolute Gasteiger partial charge is 0.332 e. The van der Waals surface area contributed by atoms with Gasteiger partial charge in [-0.05, 0) is 12.1 Å². The topological polar surface area (TPSA) is 85.9 Å². The molecule has 2 amide bonds. The van der Waals surface area contributed by atoms with E-state index in [-0.39, 0.29) is 6.10 Å². The van der Waals surface area contributed by atoms with Gasteiger partial charge in [0.15, 0.2) is 0 Å². The van der Waals surface area contributed by atoms with Gasteiger partial charge < -0.3 is 15.2 Å². The standard InChI is InChI=1S/C13H17N3O3/c14-13(17)16-15-9-10-3-1-2-4-12(10)19-11-5-7-18-8-6-11/h1-4,9,11H,5-8H2,(H3,14,16,17). The fourth-order valence-corrected chi connectivity index (χ4v) is 1.83. The van der Waals surface area contributed by atoms with Gasteiger partial charge in [-0.1, -0.05) is 12.1 Å². The molecule has 1 aliphatic heterocycles. The number of carbonyl (C=O) groups excluding carboxylic acids is 1. The van der Waals surface area contributed by atoms with Crippen LogP contribution in [0.1, 0.15) is 18.4 Å². The van der Waals surface area contributed by atoms with Gasteiger partial charge in [-0.2, -0.15) is 5.10 Å². The highest BCUT2D eigenvalue weighted by Crippen LogP contribution is 2.21. The fraction of sp³-hybridized carbons (Fsp3) is 0.385. The van der Waals surface area contributed by atoms with Gasteiger partial charge in [0.1, 0.15) is 11.9 Å². The van der Waals surface area contributed by atoms with Crippen LogP contribution in [0.15, 0.2) is 29.4 Å². The van der Waals surface area contributed by atoms with Gasteiger partial charge in [0.25, 0.3) is 0 Å². The summed E-state index contributed by atoms with van der Waals surface area (Å²) in [5, 5.41) is 3.74. The molecular formula is C13H17N3O3. The lowest BCUT2D eigenvalue weighted by Crippen LogP contribution is -2.26. The Bertz CT molecular complexity index is 456. The monoisotopic (exact) mass is 263 g/mol. The number of hydrogen-bond donors (Lipinski definition) is 2. The molecule has 6 nitrogen and oxygen atoms in total. The van der Waals surface area contributed by atoms with E-state index in [9.17, 15) is 4.79 Å². The molecule has 1 aromatic rings. The Hall–Kier alpha value is -2.08. The van der Waals surface area contributed by atoms with Crippen molar-refractivity contribution in [2.75, 3.05) is 13.2 Å². The molecule has 0 aliphatic carbocycles. The summed E-state index contributed by atoms with van der Waals surface area (Å²) >= 11 is 0. The zero-order valence-corrected chi connectivity index (χ0v) is 10.5. The lowest BCUT2D eigenvalue weighted by molar-refractivity contribution is 0.0255. The number of para-hydroxylation sites is 1. The number of hydrogen-bond acceptors (Lipinski definition) is 4. The van der Waals surface area contributed by atoms with Crippen LogP contribution < -0.4 is 15.9 Å². The molecule has 1 heterocycles. The minimum atomic E-state index is -0.695. The summed E-state index contributed by atoms with van der Waals surface area (Å²) in [6, 6.07) is 6.82. The summed E-state index contributed by atoms with van der Waals surface area (Å²) in [6.07, 6.45) is 3.43. The first-order valence-electron chi connectivity index (χ1n) is 6.17. The fourth-order valence-electron chi connectivity index (χ4n) is 1.83. The minimum Gasteiger partial charge on any atom is -0.490 e. The van der Waals surface area contributed by atoms with E-state index < -0.39 is 6.03 Å². The van der Waals surface area contributed by atoms with E-state index in [4.69, 9.17) is 15.2 Å². The Balaban J connectivity index is 2.02. The molecule has 1 fully saturated rings. The highest BCUT2D eigenvalue weighted by atomic mass is 16.5. The molecule has 102 valence electrons. The highest BCUT2D eigenvalue weighted by Gasteiger charge is 2.16. The zero-order valence-electron chi connectivity index (χ0n) is 10.5. The molecule has 1 saturated heterocycles. The maximum atomic E-state index is 10.5. The molecule has 3 N–H and O–H groups in total. The van der Waals surface area contributed by atoms with Crippen molar-refractivity contribution in [2.45, 2.75) is 18.9 Å². The van der Waals surface area contributed by atoms with Crippen LogP contribution in [-0.2, 0) is 4.74 Å². The number of rotatable bonds is 4. The van der Waals surface area contributed by atoms with Crippen LogP contribution in [0.25, 0.3) is 0 Å². The zero-order chi connectivity index (χ0) is 13.5. The lowest BCUT2D eigenvalue weighted by atomic mass is 10.1. The second kappa shape index (κ2) is 6.75. The van der Waals surface area contributed by atoms with E-state index in [1.807, 2.05) is 24.3 Å². The molecule has 1 aliphatic rings. The number of hydrazone groups is 1. The van der Waals surface area contributed by atoms with Crippen molar-refractivity contribution in [2.24, 2.45) is 10.8 Å². The summed E-state index contributed by atoms with van der Waals surface area (Å²) in [7, 11) is 0. The van der Waals surface area contributed by atoms with E-state index in [0.717, 1.165) is 37.4 Å². The maximum absolute atomic E-state index is 10.5. The van der Waals surface area contributed by atoms with Crippen LogP contribution in [-0.4, -0.2) is 31.6 Å². The first kappa shape index (κ1) is 13.4. The van der Waals surface area contributed by atoms with E-state index in [1.165, 1.54) is 6.21 Å². The van der Waals surface area contributed by atoms with Crippen molar-refractivity contribution < 1.29 is 14.3 Å². The summed E-state index contributed by atoms with van der Waals surface area (Å²) in [5.41, 5.74) is 7.89. The van der Waals surface area contributed by atoms with Crippen molar-refractivity contribution in [3.63, 3.8) is 0 Å². The van der Waals surface area contributed by atoms with Gasteiger partial charge in [-0.3, -0.25) is 0 Å². The molecule has 0 aromatic heterocycles. The molecule has 0 atom stereocenters. The Morgan fingerprint density at radius 2 is 2.16 bits per heavy atom. The molecule has 0 saturated carbocycles. The summed E-state index contributed by atoms with van der Waals surface area (Å²) in [6.45, 7) is 1.45. The molecule has 1 aromatic carbocycles. The third kappa shape index (κ3) is 4.26.